The minimum absolute atomic E-state index is 0.103. The van der Waals surface area contributed by atoms with Gasteiger partial charge in [0.1, 0.15) is 12.2 Å². The van der Waals surface area contributed by atoms with E-state index in [1.165, 1.54) is 17.0 Å². The zero-order valence-corrected chi connectivity index (χ0v) is 15.4. The normalized spacial score (nSPS) is 16.5. The Balaban J connectivity index is 1.50. The second-order valence-corrected chi connectivity index (χ2v) is 8.30. The Morgan fingerprint density at radius 2 is 2.12 bits per heavy atom. The topological polar surface area (TPSA) is 74.8 Å². The van der Waals surface area contributed by atoms with Crippen LogP contribution in [0.2, 0.25) is 0 Å². The van der Waals surface area contributed by atoms with E-state index < -0.39 is 0 Å². The van der Waals surface area contributed by atoms with Crippen molar-refractivity contribution in [3.05, 3.63) is 28.2 Å². The Morgan fingerprint density at radius 1 is 1.38 bits per heavy atom. The summed E-state index contributed by atoms with van der Waals surface area (Å²) in [6.07, 6.45) is 4.60. The lowest BCUT2D eigenvalue weighted by Crippen LogP contribution is -2.38. The highest BCUT2D eigenvalue weighted by molar-refractivity contribution is 7.09. The van der Waals surface area contributed by atoms with Crippen molar-refractivity contribution in [2.24, 2.45) is 0 Å². The van der Waals surface area contributed by atoms with Gasteiger partial charge in [0, 0.05) is 42.6 Å². The standard InChI is InChI=1S/C17H25N5OS/c1-17(2,3)13-10-24-16(20-13)12-6-8-22(9-7-12)15(23)5-4-14-18-11-19-21-14/h10-12H,4-9H2,1-3H3,(H,18,19,21). The first kappa shape index (κ1) is 17.1. The van der Waals surface area contributed by atoms with Crippen molar-refractivity contribution in [1.82, 2.24) is 25.1 Å². The molecule has 0 aromatic carbocycles. The number of aromatic amines is 1. The van der Waals surface area contributed by atoms with Crippen molar-refractivity contribution in [3.63, 3.8) is 0 Å². The zero-order valence-electron chi connectivity index (χ0n) is 14.6. The smallest absolute Gasteiger partial charge is 0.223 e. The Bertz CT molecular complexity index is 665. The molecule has 1 fully saturated rings. The molecule has 1 saturated heterocycles. The summed E-state index contributed by atoms with van der Waals surface area (Å²) in [5, 5.41) is 10.0. The van der Waals surface area contributed by atoms with Crippen LogP contribution < -0.4 is 0 Å². The monoisotopic (exact) mass is 347 g/mol. The summed E-state index contributed by atoms with van der Waals surface area (Å²) < 4.78 is 0. The highest BCUT2D eigenvalue weighted by atomic mass is 32.1. The van der Waals surface area contributed by atoms with E-state index in [1.54, 1.807) is 11.3 Å². The van der Waals surface area contributed by atoms with Crippen LogP contribution in [0.1, 0.15) is 62.5 Å². The van der Waals surface area contributed by atoms with Crippen molar-refractivity contribution in [1.29, 1.82) is 0 Å². The van der Waals surface area contributed by atoms with Gasteiger partial charge in [0.2, 0.25) is 5.91 Å². The number of rotatable bonds is 4. The quantitative estimate of drug-likeness (QED) is 0.923. The number of thiazole rings is 1. The van der Waals surface area contributed by atoms with Crippen LogP contribution >= 0.6 is 11.3 Å². The highest BCUT2D eigenvalue weighted by Crippen LogP contribution is 2.33. The molecule has 0 spiro atoms. The Morgan fingerprint density at radius 3 is 2.71 bits per heavy atom. The van der Waals surface area contributed by atoms with Crippen LogP contribution in [-0.4, -0.2) is 44.1 Å². The lowest BCUT2D eigenvalue weighted by molar-refractivity contribution is -0.132. The first-order chi connectivity index (χ1) is 11.4. The van der Waals surface area contributed by atoms with E-state index in [-0.39, 0.29) is 11.3 Å². The van der Waals surface area contributed by atoms with Crippen LogP contribution in [0.4, 0.5) is 0 Å². The van der Waals surface area contributed by atoms with Crippen LogP contribution in [0.25, 0.3) is 0 Å². The van der Waals surface area contributed by atoms with Gasteiger partial charge in [-0.1, -0.05) is 20.8 Å². The van der Waals surface area contributed by atoms with Crippen LogP contribution in [0.5, 0.6) is 0 Å². The maximum Gasteiger partial charge on any atom is 0.223 e. The molecular weight excluding hydrogens is 322 g/mol. The van der Waals surface area contributed by atoms with E-state index in [0.717, 1.165) is 31.8 Å². The second kappa shape index (κ2) is 7.01. The molecule has 0 bridgehead atoms. The van der Waals surface area contributed by atoms with Gasteiger partial charge in [0.05, 0.1) is 10.7 Å². The van der Waals surface area contributed by atoms with Crippen LogP contribution in [0, 0.1) is 0 Å². The van der Waals surface area contributed by atoms with Crippen molar-refractivity contribution in [3.8, 4) is 0 Å². The molecule has 2 aromatic rings. The number of carbonyl (C=O) groups excluding carboxylic acids is 1. The molecule has 3 heterocycles. The summed E-state index contributed by atoms with van der Waals surface area (Å²) in [5.74, 6) is 1.47. The number of hydrogen-bond acceptors (Lipinski definition) is 5. The van der Waals surface area contributed by atoms with Crippen molar-refractivity contribution >= 4 is 17.2 Å². The molecule has 0 saturated carbocycles. The first-order valence-corrected chi connectivity index (χ1v) is 9.39. The van der Waals surface area contributed by atoms with Gasteiger partial charge < -0.3 is 4.90 Å². The lowest BCUT2D eigenvalue weighted by atomic mass is 9.93. The summed E-state index contributed by atoms with van der Waals surface area (Å²) in [6.45, 7) is 8.24. The SMILES string of the molecule is CC(C)(C)c1csc(C2CCN(C(=O)CCc3ncn[nH]3)CC2)n1. The lowest BCUT2D eigenvalue weighted by Gasteiger charge is -2.31. The maximum absolute atomic E-state index is 12.3. The first-order valence-electron chi connectivity index (χ1n) is 8.51. The van der Waals surface area contributed by atoms with Gasteiger partial charge in [0.15, 0.2) is 0 Å². The number of nitrogens with zero attached hydrogens (tertiary/aromatic N) is 4. The van der Waals surface area contributed by atoms with E-state index in [4.69, 9.17) is 4.98 Å². The third-order valence-corrected chi connectivity index (χ3v) is 5.54. The van der Waals surface area contributed by atoms with Crippen molar-refractivity contribution < 1.29 is 4.79 Å². The maximum atomic E-state index is 12.3. The number of amides is 1. The highest BCUT2D eigenvalue weighted by Gasteiger charge is 2.27. The number of carbonyl (C=O) groups is 1. The molecule has 3 rings (SSSR count). The minimum atomic E-state index is 0.103. The average Bonchev–Trinajstić information content (AvgIpc) is 3.23. The molecule has 1 amide bonds. The fourth-order valence-corrected chi connectivity index (χ4v) is 4.15. The number of piperidine rings is 1. The minimum Gasteiger partial charge on any atom is -0.343 e. The van der Waals surface area contributed by atoms with Gasteiger partial charge in [-0.15, -0.1) is 11.3 Å². The van der Waals surface area contributed by atoms with Crippen molar-refractivity contribution in [2.75, 3.05) is 13.1 Å². The zero-order chi connectivity index (χ0) is 17.2. The third-order valence-electron chi connectivity index (χ3n) is 4.53. The van der Waals surface area contributed by atoms with E-state index in [1.807, 2.05) is 4.90 Å². The van der Waals surface area contributed by atoms with Gasteiger partial charge in [-0.2, -0.15) is 5.10 Å². The van der Waals surface area contributed by atoms with E-state index in [0.29, 0.717) is 18.8 Å². The molecule has 0 unspecified atom stereocenters. The number of nitrogens with one attached hydrogen (secondary N) is 1. The van der Waals surface area contributed by atoms with Gasteiger partial charge in [-0.3, -0.25) is 9.89 Å². The van der Waals surface area contributed by atoms with E-state index in [9.17, 15) is 4.79 Å². The molecule has 1 aliphatic rings. The summed E-state index contributed by atoms with van der Waals surface area (Å²) in [6, 6.07) is 0. The number of aryl methyl sites for hydroxylation is 1. The Kier molecular flexibility index (Phi) is 4.99. The van der Waals surface area contributed by atoms with Crippen molar-refractivity contribution in [2.45, 2.75) is 57.8 Å². The Labute approximate surface area is 146 Å². The molecule has 1 aliphatic heterocycles. The molecule has 0 atom stereocenters. The summed E-state index contributed by atoms with van der Waals surface area (Å²) in [4.78, 5) is 23.2. The van der Waals surface area contributed by atoms with Crippen LogP contribution in [0.3, 0.4) is 0 Å². The molecule has 2 aromatic heterocycles. The van der Waals surface area contributed by atoms with E-state index >= 15 is 0 Å². The Hall–Kier alpha value is -1.76. The molecule has 7 heteroatoms. The van der Waals surface area contributed by atoms with Gasteiger partial charge >= 0.3 is 0 Å². The third kappa shape index (κ3) is 4.01. The predicted octanol–water partition coefficient (Wildman–Crippen LogP) is 2.90. The number of likely N-dealkylation sites (tertiary alicyclic amines) is 1. The largest absolute Gasteiger partial charge is 0.343 e. The molecule has 0 aliphatic carbocycles. The predicted molar refractivity (Wildman–Crippen MR) is 94.1 cm³/mol. The summed E-state index contributed by atoms with van der Waals surface area (Å²) in [5.41, 5.74) is 1.28. The number of aromatic nitrogens is 4. The number of hydrogen-bond donors (Lipinski definition) is 1. The van der Waals surface area contributed by atoms with Gasteiger partial charge in [0.25, 0.3) is 0 Å². The van der Waals surface area contributed by atoms with Gasteiger partial charge in [-0.05, 0) is 12.8 Å². The molecule has 24 heavy (non-hydrogen) atoms. The fourth-order valence-electron chi connectivity index (χ4n) is 2.93. The second-order valence-electron chi connectivity index (χ2n) is 7.41. The average molecular weight is 347 g/mol. The summed E-state index contributed by atoms with van der Waals surface area (Å²) in [7, 11) is 0. The molecule has 0 radical (unpaired) electrons. The van der Waals surface area contributed by atoms with E-state index in [2.05, 4.69) is 41.3 Å². The molecular formula is C17H25N5OS. The summed E-state index contributed by atoms with van der Waals surface area (Å²) >= 11 is 1.77. The molecule has 130 valence electrons. The van der Waals surface area contributed by atoms with Gasteiger partial charge in [-0.25, -0.2) is 9.97 Å². The number of H-pyrrole nitrogens is 1. The van der Waals surface area contributed by atoms with Crippen LogP contribution in [-0.2, 0) is 16.6 Å². The fraction of sp³-hybridized carbons (Fsp3) is 0.647. The van der Waals surface area contributed by atoms with Crippen LogP contribution in [0.15, 0.2) is 11.7 Å². The molecule has 1 N–H and O–H groups in total. The molecule has 6 nitrogen and oxygen atoms in total.